The Labute approximate surface area is 75.4 Å². The molecule has 0 aliphatic heterocycles. The molecule has 0 saturated carbocycles. The fourth-order valence-electron chi connectivity index (χ4n) is 0.400. The van der Waals surface area contributed by atoms with E-state index < -0.39 is 25.1 Å². The average Bonchev–Trinajstić information content (AvgIpc) is 2.38. The molecule has 0 aromatic carbocycles. The van der Waals surface area contributed by atoms with Crippen LogP contribution in [-0.2, 0) is 25.7 Å². The molecule has 1 aromatic rings. The van der Waals surface area contributed by atoms with E-state index in [4.69, 9.17) is 11.8 Å². The number of rotatable bonds is 1. The van der Waals surface area contributed by atoms with Gasteiger partial charge in [0.1, 0.15) is 4.88 Å². The minimum atomic E-state index is -2.00. The maximum atomic E-state index is 10.1. The Balaban J connectivity index is 0.000000292. The predicted molar refractivity (Wildman–Crippen MR) is 32.7 cm³/mol. The summed E-state index contributed by atoms with van der Waals surface area (Å²) in [4.78, 5) is 10.5. The number of hydrogen-bond acceptors (Lipinski definition) is 4. The van der Waals surface area contributed by atoms with Gasteiger partial charge in [0, 0.05) is 0 Å². The second-order valence-electron chi connectivity index (χ2n) is 1.37. The molecule has 0 aliphatic rings. The quantitative estimate of drug-likeness (QED) is 0.704. The molecule has 1 rings (SSSR count). The van der Waals surface area contributed by atoms with Crippen LogP contribution in [0.5, 0.6) is 0 Å². The molecule has 0 radical (unpaired) electrons. The first-order valence-electron chi connectivity index (χ1n) is 2.48. The van der Waals surface area contributed by atoms with Gasteiger partial charge in [-0.1, -0.05) is 6.07 Å². The van der Waals surface area contributed by atoms with Crippen molar-refractivity contribution in [2.45, 2.75) is 0 Å². The Morgan fingerprint density at radius 3 is 2.27 bits per heavy atom. The number of carboxylic acids is 1. The van der Waals surface area contributed by atoms with Crippen molar-refractivity contribution in [3.63, 3.8) is 0 Å². The Morgan fingerprint density at radius 1 is 1.55 bits per heavy atom. The summed E-state index contributed by atoms with van der Waals surface area (Å²) in [6.07, 6.45) is 0. The molecular weight excluding hydrogens is 204 g/mol. The molecule has 6 heteroatoms. The van der Waals surface area contributed by atoms with Gasteiger partial charge in [0.05, 0.1) is 0 Å². The van der Waals surface area contributed by atoms with Gasteiger partial charge in [-0.05, 0) is 11.4 Å². The normalized spacial score (nSPS) is 7.27. The molecule has 0 aliphatic carbocycles. The summed E-state index contributed by atoms with van der Waals surface area (Å²) in [6, 6.07) is 3.29. The van der Waals surface area contributed by atoms with Crippen LogP contribution in [0.25, 0.3) is 0 Å². The van der Waals surface area contributed by atoms with Crippen molar-refractivity contribution in [2.75, 3.05) is 0 Å². The van der Waals surface area contributed by atoms with E-state index >= 15 is 0 Å². The first-order chi connectivity index (χ1) is 5.22. The van der Waals surface area contributed by atoms with E-state index in [1.54, 1.807) is 17.5 Å². The van der Waals surface area contributed by atoms with Gasteiger partial charge in [-0.2, -0.15) is 0 Å². The van der Waals surface area contributed by atoms with E-state index in [1.807, 2.05) is 0 Å². The van der Waals surface area contributed by atoms with Gasteiger partial charge in [0.15, 0.2) is 0 Å². The maximum absolute atomic E-state index is 10.1. The zero-order valence-corrected chi connectivity index (χ0v) is 7.69. The molecule has 1 N–H and O–H groups in total. The van der Waals surface area contributed by atoms with Gasteiger partial charge in [-0.15, -0.1) is 11.3 Å². The van der Waals surface area contributed by atoms with Crippen LogP contribution in [0.3, 0.4) is 0 Å². The molecule has 0 fully saturated rings. The van der Waals surface area contributed by atoms with E-state index in [9.17, 15) is 4.79 Å². The predicted octanol–water partition coefficient (Wildman–Crippen LogP) is 1.21. The summed E-state index contributed by atoms with van der Waals surface area (Å²) in [5.41, 5.74) is 0. The Kier molecular flexibility index (Phi) is 5.92. The van der Waals surface area contributed by atoms with Crippen molar-refractivity contribution < 1.29 is 35.6 Å². The van der Waals surface area contributed by atoms with Crippen LogP contribution in [0.4, 0.5) is 0 Å². The summed E-state index contributed by atoms with van der Waals surface area (Å²) >= 11 is -0.769. The number of thiophene rings is 1. The van der Waals surface area contributed by atoms with E-state index in [2.05, 4.69) is 0 Å². The number of hydrogen-bond donors (Lipinski definition) is 1. The van der Waals surface area contributed by atoms with Crippen LogP contribution in [0, 0.1) is 0 Å². The van der Waals surface area contributed by atoms with Crippen molar-refractivity contribution in [3.05, 3.63) is 22.4 Å². The van der Waals surface area contributed by atoms with Crippen molar-refractivity contribution in [1.82, 2.24) is 0 Å². The molecule has 1 aromatic heterocycles. The van der Waals surface area contributed by atoms with Crippen LogP contribution >= 0.6 is 11.3 Å². The van der Waals surface area contributed by atoms with Crippen LogP contribution < -0.4 is 0 Å². The molecule has 0 bridgehead atoms. The molecule has 0 unspecified atom stereocenters. The van der Waals surface area contributed by atoms with Gasteiger partial charge in [-0.3, -0.25) is 0 Å². The molecule has 4 nitrogen and oxygen atoms in total. The van der Waals surface area contributed by atoms with Gasteiger partial charge in [0.25, 0.3) is 0 Å². The van der Waals surface area contributed by atoms with E-state index in [-0.39, 0.29) is 0 Å². The van der Waals surface area contributed by atoms with Crippen LogP contribution in [0.15, 0.2) is 17.5 Å². The summed E-state index contributed by atoms with van der Waals surface area (Å²) in [7, 11) is 0. The molecule has 58 valence electrons. The monoisotopic (exact) mass is 208 g/mol. The summed E-state index contributed by atoms with van der Waals surface area (Å²) in [5, 5.41) is 10.0. The Hall–Kier alpha value is -0.516. The third-order valence-electron chi connectivity index (χ3n) is 0.732. The SMILES string of the molecule is O=C(O)c1cccs1.[O]=[Ti]=[O]. The van der Waals surface area contributed by atoms with Gasteiger partial charge in [-0.25, -0.2) is 4.79 Å². The first-order valence-corrected chi connectivity index (χ1v) is 4.64. The van der Waals surface area contributed by atoms with E-state index in [1.165, 1.54) is 11.3 Å². The average molecular weight is 208 g/mol. The zero-order chi connectivity index (χ0) is 8.69. The fourth-order valence-corrected chi connectivity index (χ4v) is 0.962. The van der Waals surface area contributed by atoms with Gasteiger partial charge >= 0.3 is 31.7 Å². The van der Waals surface area contributed by atoms with Gasteiger partial charge in [0.2, 0.25) is 0 Å². The number of aromatic carboxylic acids is 1. The molecule has 0 atom stereocenters. The van der Waals surface area contributed by atoms with Crippen molar-refractivity contribution >= 4 is 17.3 Å². The fraction of sp³-hybridized carbons (Fsp3) is 0. The second kappa shape index (κ2) is 6.21. The minimum absolute atomic E-state index is 0.394. The summed E-state index contributed by atoms with van der Waals surface area (Å²) in [6.45, 7) is 0. The molecular formula is C5H4O4STi. The van der Waals surface area contributed by atoms with E-state index in [0.29, 0.717) is 4.88 Å². The molecule has 11 heavy (non-hydrogen) atoms. The summed E-state index contributed by atoms with van der Waals surface area (Å²) in [5.74, 6) is -0.847. The van der Waals surface area contributed by atoms with Crippen LogP contribution in [0.1, 0.15) is 9.67 Å². The number of carboxylic acid groups (broad SMARTS) is 1. The van der Waals surface area contributed by atoms with Gasteiger partial charge < -0.3 is 5.11 Å². The third kappa shape index (κ3) is 4.83. The molecule has 1 heterocycles. The Bertz CT molecular complexity index is 249. The summed E-state index contributed by atoms with van der Waals surface area (Å²) < 4.78 is 17.0. The number of carbonyl (C=O) groups is 1. The standard InChI is InChI=1S/C5H4O2S.2O.Ti/c6-5(7)4-2-1-3-8-4;;;/h1-3H,(H,6,7);;;. The zero-order valence-electron chi connectivity index (χ0n) is 5.31. The topological polar surface area (TPSA) is 71.4 Å². The third-order valence-corrected chi connectivity index (χ3v) is 1.59. The first kappa shape index (κ1) is 10.5. The molecule has 0 amide bonds. The van der Waals surface area contributed by atoms with Crippen LogP contribution in [0.2, 0.25) is 0 Å². The van der Waals surface area contributed by atoms with Crippen molar-refractivity contribution in [2.24, 2.45) is 0 Å². The Morgan fingerprint density at radius 2 is 2.09 bits per heavy atom. The second-order valence-corrected chi connectivity index (χ2v) is 2.57. The van der Waals surface area contributed by atoms with Crippen LogP contribution in [-0.4, -0.2) is 11.1 Å². The van der Waals surface area contributed by atoms with E-state index in [0.717, 1.165) is 0 Å². The van der Waals surface area contributed by atoms with Crippen molar-refractivity contribution in [3.8, 4) is 0 Å². The molecule has 0 saturated heterocycles. The molecule has 0 spiro atoms. The van der Waals surface area contributed by atoms with Crippen molar-refractivity contribution in [1.29, 1.82) is 0 Å².